The Bertz CT molecular complexity index is 815. The first-order valence-electron chi connectivity index (χ1n) is 9.98. The van der Waals surface area contributed by atoms with E-state index < -0.39 is 6.04 Å². The number of amides is 1. The SMILES string of the molecule is CCOC(=O)[C@H](CC(C)C)N(C)C(=O)C(C)CCc1nccc2[nH]c(C)nc12. The Morgan fingerprint density at radius 1 is 1.29 bits per heavy atom. The lowest BCUT2D eigenvalue weighted by Gasteiger charge is -2.30. The molecular formula is C21H32N4O3. The minimum Gasteiger partial charge on any atom is -0.464 e. The van der Waals surface area contributed by atoms with Crippen LogP contribution in [0.5, 0.6) is 0 Å². The highest BCUT2D eigenvalue weighted by Gasteiger charge is 2.31. The first-order chi connectivity index (χ1) is 13.2. The van der Waals surface area contributed by atoms with Crippen molar-refractivity contribution >= 4 is 22.9 Å². The van der Waals surface area contributed by atoms with Gasteiger partial charge < -0.3 is 14.6 Å². The molecule has 2 rings (SSSR count). The highest BCUT2D eigenvalue weighted by atomic mass is 16.5. The van der Waals surface area contributed by atoms with E-state index in [-0.39, 0.29) is 23.7 Å². The summed E-state index contributed by atoms with van der Waals surface area (Å²) in [6.45, 7) is 9.96. The predicted octanol–water partition coefficient (Wildman–Crippen LogP) is 3.27. The van der Waals surface area contributed by atoms with Crippen LogP contribution in [0.1, 0.15) is 52.1 Å². The zero-order valence-corrected chi connectivity index (χ0v) is 17.8. The molecule has 1 unspecified atom stereocenters. The van der Waals surface area contributed by atoms with Crippen molar-refractivity contribution < 1.29 is 14.3 Å². The van der Waals surface area contributed by atoms with E-state index in [0.29, 0.717) is 25.9 Å². The van der Waals surface area contributed by atoms with Crippen molar-refractivity contribution in [2.24, 2.45) is 11.8 Å². The van der Waals surface area contributed by atoms with Gasteiger partial charge in [0.05, 0.1) is 17.8 Å². The van der Waals surface area contributed by atoms with Gasteiger partial charge in [-0.05, 0) is 45.1 Å². The van der Waals surface area contributed by atoms with Crippen LogP contribution in [0, 0.1) is 18.8 Å². The van der Waals surface area contributed by atoms with Crippen LogP contribution < -0.4 is 0 Å². The molecule has 0 aromatic carbocycles. The zero-order valence-electron chi connectivity index (χ0n) is 17.8. The molecule has 2 heterocycles. The summed E-state index contributed by atoms with van der Waals surface area (Å²) < 4.78 is 5.18. The van der Waals surface area contributed by atoms with Crippen LogP contribution in [0.15, 0.2) is 12.3 Å². The zero-order chi connectivity index (χ0) is 20.8. The van der Waals surface area contributed by atoms with Crippen LogP contribution in [0.3, 0.4) is 0 Å². The van der Waals surface area contributed by atoms with Crippen molar-refractivity contribution in [2.45, 2.75) is 59.9 Å². The number of fused-ring (bicyclic) bond motifs is 1. The van der Waals surface area contributed by atoms with Gasteiger partial charge in [0, 0.05) is 19.2 Å². The number of nitrogens with zero attached hydrogens (tertiary/aromatic N) is 3. The van der Waals surface area contributed by atoms with Gasteiger partial charge in [0.1, 0.15) is 17.4 Å². The summed E-state index contributed by atoms with van der Waals surface area (Å²) in [5.41, 5.74) is 2.70. The first kappa shape index (κ1) is 21.9. The molecule has 28 heavy (non-hydrogen) atoms. The minimum atomic E-state index is -0.551. The Hall–Kier alpha value is -2.44. The fourth-order valence-electron chi connectivity index (χ4n) is 3.37. The molecule has 0 aliphatic rings. The highest BCUT2D eigenvalue weighted by molar-refractivity contribution is 5.85. The molecular weight excluding hydrogens is 356 g/mol. The second-order valence-electron chi connectivity index (χ2n) is 7.76. The van der Waals surface area contributed by atoms with Crippen molar-refractivity contribution in [3.05, 3.63) is 23.8 Å². The average molecular weight is 389 g/mol. The Morgan fingerprint density at radius 2 is 2.00 bits per heavy atom. The van der Waals surface area contributed by atoms with E-state index in [2.05, 4.69) is 15.0 Å². The third-order valence-corrected chi connectivity index (χ3v) is 4.90. The summed E-state index contributed by atoms with van der Waals surface area (Å²) in [7, 11) is 1.69. The molecule has 154 valence electrons. The van der Waals surface area contributed by atoms with E-state index >= 15 is 0 Å². The van der Waals surface area contributed by atoms with Crippen LogP contribution in [0.4, 0.5) is 0 Å². The Balaban J connectivity index is 2.06. The van der Waals surface area contributed by atoms with Crippen LogP contribution >= 0.6 is 0 Å². The topological polar surface area (TPSA) is 88.2 Å². The first-order valence-corrected chi connectivity index (χ1v) is 9.98. The van der Waals surface area contributed by atoms with Crippen LogP contribution in [0.2, 0.25) is 0 Å². The van der Waals surface area contributed by atoms with Gasteiger partial charge in [0.15, 0.2) is 0 Å². The molecule has 0 saturated heterocycles. The number of ether oxygens (including phenoxy) is 1. The monoisotopic (exact) mass is 388 g/mol. The Kier molecular flexibility index (Phi) is 7.54. The van der Waals surface area contributed by atoms with Crippen LogP contribution in [0.25, 0.3) is 11.0 Å². The second-order valence-corrected chi connectivity index (χ2v) is 7.76. The summed E-state index contributed by atoms with van der Waals surface area (Å²) in [4.78, 5) is 39.0. The predicted molar refractivity (Wildman–Crippen MR) is 109 cm³/mol. The number of carbonyl (C=O) groups is 2. The maximum absolute atomic E-state index is 12.9. The number of rotatable bonds is 9. The van der Waals surface area contributed by atoms with Crippen molar-refractivity contribution in [3.8, 4) is 0 Å². The third kappa shape index (κ3) is 5.30. The molecule has 0 saturated carbocycles. The molecule has 2 atom stereocenters. The quantitative estimate of drug-likeness (QED) is 0.666. The number of esters is 1. The smallest absolute Gasteiger partial charge is 0.328 e. The number of aromatic amines is 1. The molecule has 0 spiro atoms. The Morgan fingerprint density at radius 3 is 2.64 bits per heavy atom. The number of nitrogens with one attached hydrogen (secondary N) is 1. The summed E-state index contributed by atoms with van der Waals surface area (Å²) in [5.74, 6) is 0.511. The number of imidazole rings is 1. The van der Waals surface area contributed by atoms with Gasteiger partial charge in [-0.1, -0.05) is 20.8 Å². The number of hydrogen-bond acceptors (Lipinski definition) is 5. The van der Waals surface area contributed by atoms with Gasteiger partial charge in [-0.3, -0.25) is 9.78 Å². The fourth-order valence-corrected chi connectivity index (χ4v) is 3.37. The molecule has 7 nitrogen and oxygen atoms in total. The normalized spacial score (nSPS) is 13.5. The summed E-state index contributed by atoms with van der Waals surface area (Å²) in [5, 5.41) is 0. The molecule has 1 amide bonds. The number of hydrogen-bond donors (Lipinski definition) is 1. The summed E-state index contributed by atoms with van der Waals surface area (Å²) in [6.07, 6.45) is 3.63. The van der Waals surface area contributed by atoms with E-state index in [1.807, 2.05) is 33.8 Å². The maximum Gasteiger partial charge on any atom is 0.328 e. The number of likely N-dealkylation sites (N-methyl/N-ethyl adjacent to an activating group) is 1. The average Bonchev–Trinajstić information content (AvgIpc) is 3.03. The number of aromatic nitrogens is 3. The van der Waals surface area contributed by atoms with E-state index in [1.54, 1.807) is 25.1 Å². The van der Waals surface area contributed by atoms with Crippen molar-refractivity contribution in [1.82, 2.24) is 19.9 Å². The number of carbonyl (C=O) groups excluding carboxylic acids is 2. The molecule has 1 N–H and O–H groups in total. The van der Waals surface area contributed by atoms with Crippen molar-refractivity contribution in [3.63, 3.8) is 0 Å². The molecule has 0 aliphatic carbocycles. The van der Waals surface area contributed by atoms with Gasteiger partial charge in [-0.25, -0.2) is 9.78 Å². The lowest BCUT2D eigenvalue weighted by Crippen LogP contribution is -2.46. The minimum absolute atomic E-state index is 0.0518. The van der Waals surface area contributed by atoms with Crippen molar-refractivity contribution in [1.29, 1.82) is 0 Å². The molecule has 2 aromatic rings. The lowest BCUT2D eigenvalue weighted by atomic mass is 9.98. The largest absolute Gasteiger partial charge is 0.464 e. The molecule has 0 radical (unpaired) electrons. The molecule has 0 bridgehead atoms. The van der Waals surface area contributed by atoms with E-state index in [9.17, 15) is 9.59 Å². The number of aryl methyl sites for hydroxylation is 2. The van der Waals surface area contributed by atoms with Gasteiger partial charge in [0.25, 0.3) is 0 Å². The van der Waals surface area contributed by atoms with E-state index in [4.69, 9.17) is 4.74 Å². The van der Waals surface area contributed by atoms with Gasteiger partial charge in [0.2, 0.25) is 5.91 Å². The molecule has 0 aliphatic heterocycles. The maximum atomic E-state index is 12.9. The van der Waals surface area contributed by atoms with Crippen LogP contribution in [-0.4, -0.2) is 51.4 Å². The van der Waals surface area contributed by atoms with Crippen molar-refractivity contribution in [2.75, 3.05) is 13.7 Å². The number of pyridine rings is 1. The van der Waals surface area contributed by atoms with Gasteiger partial charge in [-0.15, -0.1) is 0 Å². The highest BCUT2D eigenvalue weighted by Crippen LogP contribution is 2.20. The number of H-pyrrole nitrogens is 1. The molecule has 2 aromatic heterocycles. The summed E-state index contributed by atoms with van der Waals surface area (Å²) >= 11 is 0. The standard InChI is InChI=1S/C21H32N4O3/c1-7-28-21(27)18(12-13(2)3)25(6)20(26)14(4)8-9-16-19-17(10-11-22-16)23-15(5)24-19/h10-11,13-14,18H,7-9,12H2,1-6H3,(H,23,24)/t14?,18-/m0/s1. The molecule has 0 fully saturated rings. The van der Waals surface area contributed by atoms with Gasteiger partial charge >= 0.3 is 5.97 Å². The van der Waals surface area contributed by atoms with E-state index in [0.717, 1.165) is 22.6 Å². The van der Waals surface area contributed by atoms with Gasteiger partial charge in [-0.2, -0.15) is 0 Å². The Labute approximate surface area is 166 Å². The molecule has 7 heteroatoms. The van der Waals surface area contributed by atoms with E-state index in [1.165, 1.54) is 0 Å². The fraction of sp³-hybridized carbons (Fsp3) is 0.619. The lowest BCUT2D eigenvalue weighted by molar-refractivity contribution is -0.155. The second kappa shape index (κ2) is 9.66. The summed E-state index contributed by atoms with van der Waals surface area (Å²) in [6, 6.07) is 1.35. The third-order valence-electron chi connectivity index (χ3n) is 4.90. The van der Waals surface area contributed by atoms with Crippen LogP contribution in [-0.2, 0) is 20.7 Å².